The lowest BCUT2D eigenvalue weighted by atomic mass is 10.6. The van der Waals surface area contributed by atoms with E-state index in [0.29, 0.717) is 0 Å². The fourth-order valence-electron chi connectivity index (χ4n) is 0.464. The van der Waals surface area contributed by atoms with Crippen LogP contribution in [-0.4, -0.2) is 30.8 Å². The molecule has 0 unspecified atom stereocenters. The van der Waals surface area contributed by atoms with Crippen LogP contribution >= 0.6 is 0 Å². The Balaban J connectivity index is 0. The summed E-state index contributed by atoms with van der Waals surface area (Å²) in [4.78, 5) is 10.2. The van der Waals surface area contributed by atoms with E-state index in [9.17, 15) is 4.79 Å². The number of aliphatic hydroxyl groups excluding tert-OH is 1. The Labute approximate surface area is 79.6 Å². The second-order valence-electron chi connectivity index (χ2n) is 2.12. The van der Waals surface area contributed by atoms with Crippen LogP contribution in [0.3, 0.4) is 0 Å². The van der Waals surface area contributed by atoms with Crippen LogP contribution in [0.5, 0.6) is 0 Å². The average Bonchev–Trinajstić information content (AvgIpc) is 2.07. The van der Waals surface area contributed by atoms with Crippen molar-refractivity contribution in [3.8, 4) is 0 Å². The van der Waals surface area contributed by atoms with Crippen LogP contribution in [-0.2, 0) is 9.53 Å². The van der Waals surface area contributed by atoms with Gasteiger partial charge in [-0.05, 0) is 26.6 Å². The molecule has 0 rings (SSSR count). The molecule has 0 amide bonds. The van der Waals surface area contributed by atoms with Gasteiger partial charge in [0.15, 0.2) is 5.76 Å². The van der Waals surface area contributed by atoms with Gasteiger partial charge in [0.1, 0.15) is 0 Å². The van der Waals surface area contributed by atoms with Gasteiger partial charge in [0.2, 0.25) is 0 Å². The number of carbonyl (C=O) groups excluding carboxylic acids is 1. The first-order valence-corrected chi connectivity index (χ1v) is 4.35. The van der Waals surface area contributed by atoms with Gasteiger partial charge in [-0.1, -0.05) is 13.8 Å². The molecule has 0 atom stereocenters. The molecule has 78 valence electrons. The summed E-state index contributed by atoms with van der Waals surface area (Å²) in [5.74, 6) is -1.31. The van der Waals surface area contributed by atoms with Crippen molar-refractivity contribution >= 4 is 5.97 Å². The van der Waals surface area contributed by atoms with Gasteiger partial charge in [-0.2, -0.15) is 0 Å². The predicted molar refractivity (Wildman–Crippen MR) is 52.6 cm³/mol. The number of rotatable bonds is 4. The minimum Gasteiger partial charge on any atom is -0.502 e. The normalized spacial score (nSPS) is 8.23. The Kier molecular flexibility index (Phi) is 12.2. The van der Waals surface area contributed by atoms with Gasteiger partial charge >= 0.3 is 5.97 Å². The summed E-state index contributed by atoms with van der Waals surface area (Å²) >= 11 is 0. The van der Waals surface area contributed by atoms with Gasteiger partial charge in [0, 0.05) is 0 Å². The smallest absolute Gasteiger partial charge is 0.372 e. The van der Waals surface area contributed by atoms with Crippen LogP contribution in [0, 0.1) is 0 Å². The monoisotopic (exact) mass is 189 g/mol. The molecule has 0 aliphatic rings. The van der Waals surface area contributed by atoms with E-state index in [1.807, 2.05) is 0 Å². The fourth-order valence-corrected chi connectivity index (χ4v) is 0.464. The molecule has 0 aliphatic carbocycles. The molecule has 0 saturated heterocycles. The van der Waals surface area contributed by atoms with Crippen LogP contribution in [0.4, 0.5) is 0 Å². The average molecular weight is 189 g/mol. The van der Waals surface area contributed by atoms with Crippen molar-refractivity contribution in [1.82, 2.24) is 5.32 Å². The molecule has 0 bridgehead atoms. The molecule has 0 saturated carbocycles. The van der Waals surface area contributed by atoms with E-state index >= 15 is 0 Å². The highest BCUT2D eigenvalue weighted by molar-refractivity contribution is 5.84. The summed E-state index contributed by atoms with van der Waals surface area (Å²) in [5.41, 5.74) is 0. The summed E-state index contributed by atoms with van der Waals surface area (Å²) < 4.78 is 4.31. The van der Waals surface area contributed by atoms with E-state index < -0.39 is 11.7 Å². The zero-order chi connectivity index (χ0) is 10.7. The van der Waals surface area contributed by atoms with Crippen molar-refractivity contribution in [3.63, 3.8) is 0 Å². The number of hydrogen-bond donors (Lipinski definition) is 2. The summed E-state index contributed by atoms with van der Waals surface area (Å²) in [7, 11) is 0. The van der Waals surface area contributed by atoms with E-state index in [-0.39, 0.29) is 6.61 Å². The van der Waals surface area contributed by atoms with Crippen LogP contribution in [0.2, 0.25) is 0 Å². The number of esters is 1. The molecule has 0 heterocycles. The van der Waals surface area contributed by atoms with Crippen LogP contribution < -0.4 is 5.32 Å². The third-order valence-electron chi connectivity index (χ3n) is 1.01. The quantitative estimate of drug-likeness (QED) is 0.397. The molecular formula is C9H19NO3. The van der Waals surface area contributed by atoms with Gasteiger partial charge in [-0.15, -0.1) is 0 Å². The van der Waals surface area contributed by atoms with E-state index in [1.54, 1.807) is 6.92 Å². The third kappa shape index (κ3) is 13.9. The molecule has 0 spiro atoms. The van der Waals surface area contributed by atoms with Crippen molar-refractivity contribution in [2.75, 3.05) is 19.7 Å². The molecule has 0 radical (unpaired) electrons. The maximum Gasteiger partial charge on any atom is 0.372 e. The first-order chi connectivity index (χ1) is 6.09. The van der Waals surface area contributed by atoms with Crippen molar-refractivity contribution in [3.05, 3.63) is 12.3 Å². The van der Waals surface area contributed by atoms with Crippen molar-refractivity contribution in [2.24, 2.45) is 0 Å². The lowest BCUT2D eigenvalue weighted by Gasteiger charge is -1.95. The summed E-state index contributed by atoms with van der Waals surface area (Å²) in [6, 6.07) is 0. The number of ether oxygens (including phenoxy) is 1. The molecule has 2 N–H and O–H groups in total. The highest BCUT2D eigenvalue weighted by atomic mass is 16.5. The molecule has 0 aromatic carbocycles. The molecule has 0 aromatic heterocycles. The maximum absolute atomic E-state index is 10.2. The third-order valence-corrected chi connectivity index (χ3v) is 1.01. The number of hydrogen-bond acceptors (Lipinski definition) is 4. The minimum atomic E-state index is -0.757. The molecule has 0 aromatic rings. The number of aliphatic hydroxyl groups is 1. The Bertz CT molecular complexity index is 144. The highest BCUT2D eigenvalue weighted by Gasteiger charge is 2.01. The van der Waals surface area contributed by atoms with Gasteiger partial charge in [0.05, 0.1) is 6.61 Å². The number of nitrogens with one attached hydrogen (secondary N) is 1. The van der Waals surface area contributed by atoms with E-state index in [4.69, 9.17) is 5.11 Å². The van der Waals surface area contributed by atoms with Crippen molar-refractivity contribution < 1.29 is 14.6 Å². The SMILES string of the molecule is C=C(O)C(=O)OCC.CCNCC. The largest absolute Gasteiger partial charge is 0.502 e. The lowest BCUT2D eigenvalue weighted by Crippen LogP contribution is -2.09. The van der Waals surface area contributed by atoms with Crippen LogP contribution in [0.15, 0.2) is 12.3 Å². The second kappa shape index (κ2) is 11.0. The highest BCUT2D eigenvalue weighted by Crippen LogP contribution is 1.85. The van der Waals surface area contributed by atoms with Crippen molar-refractivity contribution in [1.29, 1.82) is 0 Å². The molecule has 0 fully saturated rings. The Hall–Kier alpha value is -1.03. The molecule has 0 aliphatic heterocycles. The van der Waals surface area contributed by atoms with E-state index in [1.165, 1.54) is 0 Å². The van der Waals surface area contributed by atoms with Crippen LogP contribution in [0.1, 0.15) is 20.8 Å². The Morgan fingerprint density at radius 1 is 1.38 bits per heavy atom. The second-order valence-corrected chi connectivity index (χ2v) is 2.12. The van der Waals surface area contributed by atoms with Gasteiger partial charge in [-0.3, -0.25) is 0 Å². The zero-order valence-corrected chi connectivity index (χ0v) is 8.59. The van der Waals surface area contributed by atoms with Gasteiger partial charge < -0.3 is 15.2 Å². The first kappa shape index (κ1) is 14.5. The molecule has 4 nitrogen and oxygen atoms in total. The van der Waals surface area contributed by atoms with Gasteiger partial charge in [0.25, 0.3) is 0 Å². The predicted octanol–water partition coefficient (Wildman–Crippen LogP) is 1.24. The Morgan fingerprint density at radius 2 is 1.85 bits per heavy atom. The minimum absolute atomic E-state index is 0.262. The standard InChI is InChI=1S/C5H8O3.C4H11N/c1-3-8-5(7)4(2)6;1-3-5-4-2/h6H,2-3H2,1H3;5H,3-4H2,1-2H3. The molecule has 4 heteroatoms. The molecule has 13 heavy (non-hydrogen) atoms. The topological polar surface area (TPSA) is 58.6 Å². The summed E-state index contributed by atoms with van der Waals surface area (Å²) in [5, 5.41) is 11.4. The fraction of sp³-hybridized carbons (Fsp3) is 0.667. The Morgan fingerprint density at radius 3 is 1.92 bits per heavy atom. The maximum atomic E-state index is 10.2. The molecular weight excluding hydrogens is 170 g/mol. The zero-order valence-electron chi connectivity index (χ0n) is 8.59. The summed E-state index contributed by atoms with van der Waals surface area (Å²) in [6.07, 6.45) is 0. The first-order valence-electron chi connectivity index (χ1n) is 4.35. The summed E-state index contributed by atoms with van der Waals surface area (Å²) in [6.45, 7) is 11.3. The number of carbonyl (C=O) groups is 1. The lowest BCUT2D eigenvalue weighted by molar-refractivity contribution is -0.141. The van der Waals surface area contributed by atoms with E-state index in [2.05, 4.69) is 30.5 Å². The van der Waals surface area contributed by atoms with Gasteiger partial charge in [-0.25, -0.2) is 4.79 Å². The van der Waals surface area contributed by atoms with E-state index in [0.717, 1.165) is 13.1 Å². The van der Waals surface area contributed by atoms with Crippen LogP contribution in [0.25, 0.3) is 0 Å². The van der Waals surface area contributed by atoms with Crippen molar-refractivity contribution in [2.45, 2.75) is 20.8 Å².